The predicted molar refractivity (Wildman–Crippen MR) is 77.4 cm³/mol. The van der Waals surface area contributed by atoms with E-state index in [4.69, 9.17) is 0 Å². The van der Waals surface area contributed by atoms with Crippen molar-refractivity contribution in [3.8, 4) is 0 Å². The summed E-state index contributed by atoms with van der Waals surface area (Å²) in [6.07, 6.45) is 3.89. The van der Waals surface area contributed by atoms with Gasteiger partial charge in [-0.2, -0.15) is 5.10 Å². The zero-order chi connectivity index (χ0) is 14.2. The molecule has 0 spiro atoms. The Morgan fingerprint density at radius 2 is 2.20 bits per heavy atom. The van der Waals surface area contributed by atoms with Crippen LogP contribution in [0.1, 0.15) is 49.6 Å². The lowest BCUT2D eigenvalue weighted by Gasteiger charge is -2.37. The molecule has 0 saturated heterocycles. The number of hydrogen-bond donors (Lipinski definition) is 1. The van der Waals surface area contributed by atoms with Gasteiger partial charge in [-0.3, -0.25) is 4.68 Å². The first-order valence-electron chi connectivity index (χ1n) is 7.32. The maximum Gasteiger partial charge on any atom is 0.138 e. The van der Waals surface area contributed by atoms with Gasteiger partial charge in [0.2, 0.25) is 0 Å². The highest BCUT2D eigenvalue weighted by Gasteiger charge is 2.37. The summed E-state index contributed by atoms with van der Waals surface area (Å²) in [6.45, 7) is 5.05. The number of aliphatic hydroxyl groups is 1. The van der Waals surface area contributed by atoms with Crippen LogP contribution < -0.4 is 0 Å². The number of fused-ring (bicyclic) bond motifs is 1. The van der Waals surface area contributed by atoms with Gasteiger partial charge in [-0.1, -0.05) is 31.2 Å². The van der Waals surface area contributed by atoms with Crippen LogP contribution in [-0.2, 0) is 18.6 Å². The molecule has 0 aliphatic heterocycles. The van der Waals surface area contributed by atoms with Crippen LogP contribution in [0.25, 0.3) is 0 Å². The van der Waals surface area contributed by atoms with E-state index in [0.717, 1.165) is 30.8 Å². The fourth-order valence-corrected chi connectivity index (χ4v) is 3.23. The number of nitrogens with zero attached hydrogens (tertiary/aromatic N) is 3. The molecule has 20 heavy (non-hydrogen) atoms. The normalized spacial score (nSPS) is 25.4. The Kier molecular flexibility index (Phi) is 3.34. The molecule has 0 bridgehead atoms. The van der Waals surface area contributed by atoms with Gasteiger partial charge < -0.3 is 5.11 Å². The average Bonchev–Trinajstić information content (AvgIpc) is 2.91. The Labute approximate surface area is 119 Å². The molecule has 1 aliphatic carbocycles. The van der Waals surface area contributed by atoms with Crippen LogP contribution in [0.15, 0.2) is 30.6 Å². The summed E-state index contributed by atoms with van der Waals surface area (Å²) in [6, 6.07) is 8.24. The smallest absolute Gasteiger partial charge is 0.138 e. The quantitative estimate of drug-likeness (QED) is 0.933. The molecule has 0 amide bonds. The average molecular weight is 271 g/mol. The Morgan fingerprint density at radius 1 is 1.40 bits per heavy atom. The van der Waals surface area contributed by atoms with Crippen molar-refractivity contribution in [3.63, 3.8) is 0 Å². The molecular weight excluding hydrogens is 250 g/mol. The number of rotatable bonds is 3. The fraction of sp³-hybridized carbons (Fsp3) is 0.500. The van der Waals surface area contributed by atoms with Gasteiger partial charge in [0.15, 0.2) is 0 Å². The molecular formula is C16H21N3O. The summed E-state index contributed by atoms with van der Waals surface area (Å²) in [5.74, 6) is 1.37. The summed E-state index contributed by atoms with van der Waals surface area (Å²) < 4.78 is 1.86. The maximum atomic E-state index is 11.2. The second kappa shape index (κ2) is 5.02. The van der Waals surface area contributed by atoms with Crippen LogP contribution in [0.5, 0.6) is 0 Å². The Balaban J connectivity index is 1.98. The predicted octanol–water partition coefficient (Wildman–Crippen LogP) is 2.63. The highest BCUT2D eigenvalue weighted by Crippen LogP contribution is 2.42. The van der Waals surface area contributed by atoms with Crippen molar-refractivity contribution in [3.05, 3.63) is 47.5 Å². The topological polar surface area (TPSA) is 50.9 Å². The van der Waals surface area contributed by atoms with E-state index >= 15 is 0 Å². The van der Waals surface area contributed by atoms with Gasteiger partial charge in [0.05, 0.1) is 5.60 Å². The van der Waals surface area contributed by atoms with Crippen molar-refractivity contribution in [2.45, 2.75) is 51.2 Å². The Morgan fingerprint density at radius 3 is 3.00 bits per heavy atom. The minimum atomic E-state index is -0.816. The molecule has 1 aromatic heterocycles. The first kappa shape index (κ1) is 13.3. The molecule has 0 saturated carbocycles. The van der Waals surface area contributed by atoms with Gasteiger partial charge in [0.1, 0.15) is 12.2 Å². The monoisotopic (exact) mass is 271 g/mol. The molecule has 3 rings (SSSR count). The van der Waals surface area contributed by atoms with Crippen molar-refractivity contribution in [1.29, 1.82) is 0 Å². The van der Waals surface area contributed by atoms with Gasteiger partial charge in [-0.05, 0) is 36.8 Å². The van der Waals surface area contributed by atoms with Crippen LogP contribution >= 0.6 is 0 Å². The lowest BCUT2D eigenvalue weighted by molar-refractivity contribution is 0.0131. The SMILES string of the molecule is CCn1ncnc1CC1(O)CCC(C)c2ccccc21. The summed E-state index contributed by atoms with van der Waals surface area (Å²) in [5.41, 5.74) is 1.51. The first-order chi connectivity index (χ1) is 9.64. The van der Waals surface area contributed by atoms with E-state index in [9.17, 15) is 5.11 Å². The number of benzene rings is 1. The zero-order valence-corrected chi connectivity index (χ0v) is 12.1. The third kappa shape index (κ3) is 2.14. The largest absolute Gasteiger partial charge is 0.385 e. The van der Waals surface area contributed by atoms with E-state index in [0.29, 0.717) is 12.3 Å². The van der Waals surface area contributed by atoms with E-state index in [1.807, 2.05) is 17.7 Å². The summed E-state index contributed by atoms with van der Waals surface area (Å²) in [4.78, 5) is 4.31. The Bertz CT molecular complexity index is 607. The fourth-order valence-electron chi connectivity index (χ4n) is 3.23. The lowest BCUT2D eigenvalue weighted by atomic mass is 9.73. The number of aryl methyl sites for hydroxylation is 1. The minimum Gasteiger partial charge on any atom is -0.385 e. The van der Waals surface area contributed by atoms with Gasteiger partial charge in [0.25, 0.3) is 0 Å². The first-order valence-corrected chi connectivity index (χ1v) is 7.32. The molecule has 1 heterocycles. The van der Waals surface area contributed by atoms with Crippen LogP contribution in [0.2, 0.25) is 0 Å². The maximum absolute atomic E-state index is 11.2. The lowest BCUT2D eigenvalue weighted by Crippen LogP contribution is -2.35. The van der Waals surface area contributed by atoms with Crippen LogP contribution in [0, 0.1) is 0 Å². The molecule has 2 unspecified atom stereocenters. The molecule has 106 valence electrons. The van der Waals surface area contributed by atoms with Crippen molar-refractivity contribution in [2.24, 2.45) is 0 Å². The minimum absolute atomic E-state index is 0.510. The van der Waals surface area contributed by atoms with Crippen molar-refractivity contribution in [1.82, 2.24) is 14.8 Å². The highest BCUT2D eigenvalue weighted by atomic mass is 16.3. The zero-order valence-electron chi connectivity index (χ0n) is 12.1. The van der Waals surface area contributed by atoms with Crippen LogP contribution in [0.3, 0.4) is 0 Å². The third-order valence-electron chi connectivity index (χ3n) is 4.43. The second-order valence-corrected chi connectivity index (χ2v) is 5.73. The molecule has 4 heteroatoms. The van der Waals surface area contributed by atoms with E-state index in [-0.39, 0.29) is 0 Å². The van der Waals surface area contributed by atoms with E-state index in [2.05, 4.69) is 35.2 Å². The molecule has 0 radical (unpaired) electrons. The molecule has 4 nitrogen and oxygen atoms in total. The van der Waals surface area contributed by atoms with Crippen molar-refractivity contribution < 1.29 is 5.11 Å². The number of aromatic nitrogens is 3. The van der Waals surface area contributed by atoms with Crippen molar-refractivity contribution in [2.75, 3.05) is 0 Å². The molecule has 0 fully saturated rings. The third-order valence-corrected chi connectivity index (χ3v) is 4.43. The van der Waals surface area contributed by atoms with Gasteiger partial charge in [0, 0.05) is 13.0 Å². The summed E-state index contributed by atoms with van der Waals surface area (Å²) in [7, 11) is 0. The summed E-state index contributed by atoms with van der Waals surface area (Å²) >= 11 is 0. The van der Waals surface area contributed by atoms with E-state index in [1.54, 1.807) is 6.33 Å². The van der Waals surface area contributed by atoms with E-state index < -0.39 is 5.60 Å². The Hall–Kier alpha value is -1.68. The van der Waals surface area contributed by atoms with E-state index in [1.165, 1.54) is 5.56 Å². The van der Waals surface area contributed by atoms with Gasteiger partial charge in [-0.15, -0.1) is 0 Å². The van der Waals surface area contributed by atoms with Crippen molar-refractivity contribution >= 4 is 0 Å². The van der Waals surface area contributed by atoms with Gasteiger partial charge >= 0.3 is 0 Å². The standard InChI is InChI=1S/C16H21N3O/c1-3-19-15(17-11-18-19)10-16(20)9-8-12(2)13-6-4-5-7-14(13)16/h4-7,11-12,20H,3,8-10H2,1-2H3. The molecule has 2 aromatic rings. The van der Waals surface area contributed by atoms with Crippen LogP contribution in [-0.4, -0.2) is 19.9 Å². The number of hydrogen-bond acceptors (Lipinski definition) is 3. The highest BCUT2D eigenvalue weighted by molar-refractivity contribution is 5.37. The molecule has 1 aromatic carbocycles. The van der Waals surface area contributed by atoms with Gasteiger partial charge in [-0.25, -0.2) is 4.98 Å². The summed E-state index contributed by atoms with van der Waals surface area (Å²) in [5, 5.41) is 15.3. The van der Waals surface area contributed by atoms with Crippen LogP contribution in [0.4, 0.5) is 0 Å². The second-order valence-electron chi connectivity index (χ2n) is 5.73. The molecule has 1 N–H and O–H groups in total. The molecule has 1 aliphatic rings. The molecule has 2 atom stereocenters.